The van der Waals surface area contributed by atoms with Crippen LogP contribution in [0.15, 0.2) is 0 Å². The fraction of sp³-hybridized carbons (Fsp3) is 0.867. The van der Waals surface area contributed by atoms with Crippen LogP contribution in [0.5, 0.6) is 0 Å². The average molecular weight is 221 g/mol. The third-order valence-corrected chi connectivity index (χ3v) is 4.06. The van der Waals surface area contributed by atoms with Crippen LogP contribution >= 0.6 is 0 Å². The predicted octanol–water partition coefficient (Wildman–Crippen LogP) is 3.74. The zero-order valence-electron chi connectivity index (χ0n) is 11.0. The highest BCUT2D eigenvalue weighted by Gasteiger charge is 2.34. The molecule has 1 unspecified atom stereocenters. The molecule has 0 radical (unpaired) electrons. The molecule has 0 bridgehead atoms. The molecule has 0 saturated heterocycles. The first-order valence-corrected chi connectivity index (χ1v) is 6.90. The standard InChI is InChI=1S/C15H27N/c1-4-6-10-14(16-13-5-2)15(3)11-8-7-9-12-15/h1,14,16H,5-13H2,2-3H3. The van der Waals surface area contributed by atoms with Crippen molar-refractivity contribution in [2.24, 2.45) is 5.41 Å². The van der Waals surface area contributed by atoms with Crippen molar-refractivity contribution in [2.45, 2.75) is 71.3 Å². The van der Waals surface area contributed by atoms with Crippen LogP contribution in [0.3, 0.4) is 0 Å². The summed E-state index contributed by atoms with van der Waals surface area (Å²) >= 11 is 0. The minimum Gasteiger partial charge on any atom is -0.313 e. The van der Waals surface area contributed by atoms with Crippen LogP contribution in [0.4, 0.5) is 0 Å². The second-order valence-electron chi connectivity index (χ2n) is 5.46. The van der Waals surface area contributed by atoms with E-state index in [0.29, 0.717) is 11.5 Å². The van der Waals surface area contributed by atoms with E-state index in [2.05, 4.69) is 25.1 Å². The van der Waals surface area contributed by atoms with Gasteiger partial charge < -0.3 is 5.32 Å². The van der Waals surface area contributed by atoms with Crippen molar-refractivity contribution in [3.05, 3.63) is 0 Å². The van der Waals surface area contributed by atoms with E-state index in [1.807, 2.05) is 0 Å². The van der Waals surface area contributed by atoms with Crippen LogP contribution in [-0.2, 0) is 0 Å². The van der Waals surface area contributed by atoms with E-state index in [9.17, 15) is 0 Å². The fourth-order valence-electron chi connectivity index (χ4n) is 2.95. The molecule has 0 aromatic rings. The van der Waals surface area contributed by atoms with Gasteiger partial charge in [-0.2, -0.15) is 0 Å². The second-order valence-corrected chi connectivity index (χ2v) is 5.46. The zero-order valence-corrected chi connectivity index (χ0v) is 11.0. The lowest BCUT2D eigenvalue weighted by atomic mass is 9.69. The normalized spacial score (nSPS) is 21.3. The maximum atomic E-state index is 5.40. The molecule has 1 heteroatoms. The van der Waals surface area contributed by atoms with Gasteiger partial charge in [0, 0.05) is 12.5 Å². The first kappa shape index (κ1) is 13.6. The second kappa shape index (κ2) is 6.97. The van der Waals surface area contributed by atoms with Crippen molar-refractivity contribution >= 4 is 0 Å². The highest BCUT2D eigenvalue weighted by molar-refractivity contribution is 4.93. The molecule has 1 fully saturated rings. The largest absolute Gasteiger partial charge is 0.313 e. The van der Waals surface area contributed by atoms with E-state index in [-0.39, 0.29) is 0 Å². The van der Waals surface area contributed by atoms with Crippen LogP contribution in [-0.4, -0.2) is 12.6 Å². The fourth-order valence-corrected chi connectivity index (χ4v) is 2.95. The summed E-state index contributed by atoms with van der Waals surface area (Å²) in [5.74, 6) is 2.79. The van der Waals surface area contributed by atoms with Crippen LogP contribution in [0.2, 0.25) is 0 Å². The number of rotatable bonds is 6. The molecule has 1 N–H and O–H groups in total. The van der Waals surface area contributed by atoms with Crippen molar-refractivity contribution in [3.63, 3.8) is 0 Å². The summed E-state index contributed by atoms with van der Waals surface area (Å²) in [5.41, 5.74) is 0.490. The summed E-state index contributed by atoms with van der Waals surface area (Å²) in [5, 5.41) is 3.72. The summed E-state index contributed by atoms with van der Waals surface area (Å²) in [7, 11) is 0. The first-order chi connectivity index (χ1) is 7.73. The molecule has 0 aliphatic heterocycles. The molecule has 1 atom stereocenters. The molecule has 1 nitrogen and oxygen atoms in total. The molecule has 1 aliphatic rings. The number of hydrogen-bond donors (Lipinski definition) is 1. The van der Waals surface area contributed by atoms with Crippen LogP contribution < -0.4 is 5.32 Å². The van der Waals surface area contributed by atoms with E-state index < -0.39 is 0 Å². The molecule has 0 heterocycles. The Bertz CT molecular complexity index is 220. The van der Waals surface area contributed by atoms with Crippen molar-refractivity contribution in [1.29, 1.82) is 0 Å². The van der Waals surface area contributed by atoms with Gasteiger partial charge in [0.25, 0.3) is 0 Å². The van der Waals surface area contributed by atoms with E-state index in [4.69, 9.17) is 6.42 Å². The monoisotopic (exact) mass is 221 g/mol. The van der Waals surface area contributed by atoms with Crippen molar-refractivity contribution in [3.8, 4) is 12.3 Å². The smallest absolute Gasteiger partial charge is 0.0130 e. The minimum absolute atomic E-state index is 0.490. The summed E-state index contributed by atoms with van der Waals surface area (Å²) in [6.07, 6.45) is 15.6. The Morgan fingerprint density at radius 1 is 1.31 bits per heavy atom. The van der Waals surface area contributed by atoms with Crippen molar-refractivity contribution in [1.82, 2.24) is 5.32 Å². The summed E-state index contributed by atoms with van der Waals surface area (Å²) in [6.45, 7) is 5.81. The lowest BCUT2D eigenvalue weighted by Gasteiger charge is -2.41. The van der Waals surface area contributed by atoms with Gasteiger partial charge in [-0.05, 0) is 37.6 Å². The third kappa shape index (κ3) is 3.83. The molecule has 0 aromatic carbocycles. The average Bonchev–Trinajstić information content (AvgIpc) is 2.30. The van der Waals surface area contributed by atoms with Crippen LogP contribution in [0.1, 0.15) is 65.2 Å². The SMILES string of the molecule is C#CCCC(NCCC)C1(C)CCCCC1. The third-order valence-electron chi connectivity index (χ3n) is 4.06. The van der Waals surface area contributed by atoms with Gasteiger partial charge in [0.15, 0.2) is 0 Å². The highest BCUT2D eigenvalue weighted by atomic mass is 14.9. The van der Waals surface area contributed by atoms with Crippen LogP contribution in [0, 0.1) is 17.8 Å². The van der Waals surface area contributed by atoms with E-state index in [0.717, 1.165) is 19.4 Å². The van der Waals surface area contributed by atoms with Gasteiger partial charge in [-0.1, -0.05) is 33.1 Å². The Labute approximate surface area is 101 Å². The van der Waals surface area contributed by atoms with Crippen molar-refractivity contribution in [2.75, 3.05) is 6.54 Å². The van der Waals surface area contributed by atoms with Gasteiger partial charge in [0.1, 0.15) is 0 Å². The molecule has 1 rings (SSSR count). The van der Waals surface area contributed by atoms with Gasteiger partial charge >= 0.3 is 0 Å². The maximum Gasteiger partial charge on any atom is 0.0130 e. The van der Waals surface area contributed by atoms with E-state index in [1.165, 1.54) is 38.5 Å². The van der Waals surface area contributed by atoms with E-state index >= 15 is 0 Å². The molecular formula is C15H27N. The molecule has 0 amide bonds. The Hall–Kier alpha value is -0.480. The van der Waals surface area contributed by atoms with Crippen molar-refractivity contribution < 1.29 is 0 Å². The van der Waals surface area contributed by atoms with Gasteiger partial charge in [0.2, 0.25) is 0 Å². The maximum absolute atomic E-state index is 5.40. The van der Waals surface area contributed by atoms with Gasteiger partial charge in [-0.25, -0.2) is 0 Å². The Morgan fingerprint density at radius 2 is 2.00 bits per heavy atom. The first-order valence-electron chi connectivity index (χ1n) is 6.90. The minimum atomic E-state index is 0.490. The molecule has 0 aromatic heterocycles. The highest BCUT2D eigenvalue weighted by Crippen LogP contribution is 2.40. The van der Waals surface area contributed by atoms with E-state index in [1.54, 1.807) is 0 Å². The van der Waals surface area contributed by atoms with Crippen LogP contribution in [0.25, 0.3) is 0 Å². The summed E-state index contributed by atoms with van der Waals surface area (Å²) < 4.78 is 0. The summed E-state index contributed by atoms with van der Waals surface area (Å²) in [6, 6.07) is 0.629. The molecule has 0 spiro atoms. The number of nitrogens with one attached hydrogen (secondary N) is 1. The van der Waals surface area contributed by atoms with Gasteiger partial charge in [-0.3, -0.25) is 0 Å². The van der Waals surface area contributed by atoms with Gasteiger partial charge in [0.05, 0.1) is 0 Å². The Balaban J connectivity index is 2.54. The summed E-state index contributed by atoms with van der Waals surface area (Å²) in [4.78, 5) is 0. The molecular weight excluding hydrogens is 194 g/mol. The predicted molar refractivity (Wildman–Crippen MR) is 71.3 cm³/mol. The zero-order chi connectivity index (χ0) is 11.9. The Morgan fingerprint density at radius 3 is 2.56 bits per heavy atom. The molecule has 1 saturated carbocycles. The molecule has 92 valence electrons. The quantitative estimate of drug-likeness (QED) is 0.674. The molecule has 16 heavy (non-hydrogen) atoms. The van der Waals surface area contributed by atoms with Gasteiger partial charge in [-0.15, -0.1) is 12.3 Å². The number of hydrogen-bond acceptors (Lipinski definition) is 1. The lowest BCUT2D eigenvalue weighted by molar-refractivity contribution is 0.138. The lowest BCUT2D eigenvalue weighted by Crippen LogP contribution is -2.45. The number of terminal acetylenes is 1. The topological polar surface area (TPSA) is 12.0 Å². The Kier molecular flexibility index (Phi) is 5.91. The molecule has 1 aliphatic carbocycles.